The first-order valence-corrected chi connectivity index (χ1v) is 10.9. The monoisotopic (exact) mass is 427 g/mol. The van der Waals surface area contributed by atoms with E-state index in [4.69, 9.17) is 13.9 Å². The lowest BCUT2D eigenvalue weighted by molar-refractivity contribution is 0.0925. The molecule has 1 heterocycles. The van der Waals surface area contributed by atoms with Crippen LogP contribution >= 0.6 is 0 Å². The second-order valence-electron chi connectivity index (χ2n) is 6.70. The van der Waals surface area contributed by atoms with E-state index in [-0.39, 0.29) is 17.4 Å². The Morgan fingerprint density at radius 3 is 2.60 bits per heavy atom. The molecule has 3 rings (SSSR count). The largest absolute Gasteiger partial charge is 0.497 e. The highest BCUT2D eigenvalue weighted by molar-refractivity contribution is 7.84. The highest BCUT2D eigenvalue weighted by atomic mass is 32.2. The van der Waals surface area contributed by atoms with Crippen molar-refractivity contribution in [2.75, 3.05) is 20.8 Å². The van der Waals surface area contributed by atoms with Crippen LogP contribution in [0.25, 0.3) is 0 Å². The van der Waals surface area contributed by atoms with Crippen LogP contribution in [-0.4, -0.2) is 30.9 Å². The summed E-state index contributed by atoms with van der Waals surface area (Å²) in [6.07, 6.45) is 0.580. The Morgan fingerprint density at radius 1 is 1.07 bits per heavy atom. The van der Waals surface area contributed by atoms with E-state index in [2.05, 4.69) is 5.32 Å². The smallest absolute Gasteiger partial charge is 0.287 e. The van der Waals surface area contributed by atoms with Gasteiger partial charge in [-0.15, -0.1) is 0 Å². The molecule has 30 heavy (non-hydrogen) atoms. The van der Waals surface area contributed by atoms with Crippen molar-refractivity contribution in [1.29, 1.82) is 0 Å². The molecule has 0 bridgehead atoms. The third kappa shape index (κ3) is 5.30. The lowest BCUT2D eigenvalue weighted by atomic mass is 10.1. The quantitative estimate of drug-likeness (QED) is 0.561. The van der Waals surface area contributed by atoms with Crippen molar-refractivity contribution < 1.29 is 22.9 Å². The van der Waals surface area contributed by atoms with Crippen molar-refractivity contribution in [3.8, 4) is 11.5 Å². The van der Waals surface area contributed by atoms with Crippen LogP contribution in [0.2, 0.25) is 0 Å². The summed E-state index contributed by atoms with van der Waals surface area (Å²) in [5.41, 5.74) is 1.90. The van der Waals surface area contributed by atoms with Crippen molar-refractivity contribution in [3.63, 3.8) is 0 Å². The Labute approximate surface area is 178 Å². The van der Waals surface area contributed by atoms with Crippen molar-refractivity contribution in [1.82, 2.24) is 5.32 Å². The molecule has 1 atom stereocenters. The Morgan fingerprint density at radius 2 is 1.87 bits per heavy atom. The van der Waals surface area contributed by atoms with Crippen LogP contribution in [0.1, 0.15) is 27.4 Å². The van der Waals surface area contributed by atoms with Gasteiger partial charge < -0.3 is 19.2 Å². The molecule has 0 saturated heterocycles. The molecule has 0 fully saturated rings. The maximum Gasteiger partial charge on any atom is 0.287 e. The van der Waals surface area contributed by atoms with E-state index in [0.717, 1.165) is 27.5 Å². The molecule has 6 nitrogen and oxygen atoms in total. The van der Waals surface area contributed by atoms with Gasteiger partial charge in [-0.2, -0.15) is 0 Å². The minimum atomic E-state index is -1.23. The summed E-state index contributed by atoms with van der Waals surface area (Å²) in [5, 5.41) is 2.84. The van der Waals surface area contributed by atoms with E-state index < -0.39 is 10.8 Å². The first-order valence-electron chi connectivity index (χ1n) is 9.53. The van der Waals surface area contributed by atoms with Gasteiger partial charge in [-0.1, -0.05) is 18.2 Å². The van der Waals surface area contributed by atoms with Gasteiger partial charge in [0.25, 0.3) is 5.91 Å². The number of carbonyl (C=O) groups is 1. The van der Waals surface area contributed by atoms with Gasteiger partial charge in [-0.25, -0.2) is 0 Å². The molecule has 0 radical (unpaired) electrons. The molecule has 0 saturated carbocycles. The van der Waals surface area contributed by atoms with Crippen molar-refractivity contribution in [2.45, 2.75) is 24.0 Å². The fraction of sp³-hybridized carbons (Fsp3) is 0.261. The van der Waals surface area contributed by atoms with Crippen molar-refractivity contribution in [2.24, 2.45) is 0 Å². The van der Waals surface area contributed by atoms with Crippen LogP contribution in [0.3, 0.4) is 0 Å². The van der Waals surface area contributed by atoms with Gasteiger partial charge in [-0.05, 0) is 60.9 Å². The Bertz CT molecular complexity index is 1040. The zero-order chi connectivity index (χ0) is 21.5. The number of hydrogen-bond donors (Lipinski definition) is 1. The number of benzene rings is 2. The van der Waals surface area contributed by atoms with Gasteiger partial charge in [0, 0.05) is 11.4 Å². The molecule has 7 heteroatoms. The van der Waals surface area contributed by atoms with Gasteiger partial charge in [0.2, 0.25) is 0 Å². The Balaban J connectivity index is 1.57. The summed E-state index contributed by atoms with van der Waals surface area (Å²) in [7, 11) is 1.98. The number of ether oxygens (including phenoxy) is 2. The van der Waals surface area contributed by atoms with Crippen LogP contribution < -0.4 is 14.8 Å². The topological polar surface area (TPSA) is 77.8 Å². The first kappa shape index (κ1) is 21.6. The summed E-state index contributed by atoms with van der Waals surface area (Å²) >= 11 is 0. The fourth-order valence-corrected chi connectivity index (χ4v) is 4.30. The number of furan rings is 1. The van der Waals surface area contributed by atoms with Crippen LogP contribution in [0.15, 0.2) is 63.9 Å². The Hall–Kier alpha value is -3.06. The highest BCUT2D eigenvalue weighted by Crippen LogP contribution is 2.24. The number of rotatable bonds is 9. The average Bonchev–Trinajstić information content (AvgIpc) is 3.22. The molecule has 3 aromatic rings. The van der Waals surface area contributed by atoms with E-state index in [1.165, 1.54) is 0 Å². The number of methoxy groups -OCH3 is 2. The third-order valence-corrected chi connectivity index (χ3v) is 6.16. The zero-order valence-corrected chi connectivity index (χ0v) is 18.1. The molecule has 158 valence electrons. The number of hydrogen-bond acceptors (Lipinski definition) is 5. The molecule has 0 aliphatic rings. The van der Waals surface area contributed by atoms with Gasteiger partial charge >= 0.3 is 0 Å². The van der Waals surface area contributed by atoms with E-state index in [1.807, 2.05) is 49.4 Å². The van der Waals surface area contributed by atoms with Crippen LogP contribution in [-0.2, 0) is 23.0 Å². The number of aryl methyl sites for hydroxylation is 1. The van der Waals surface area contributed by atoms with Crippen molar-refractivity contribution >= 4 is 16.7 Å². The van der Waals surface area contributed by atoms with Crippen LogP contribution in [0, 0.1) is 6.92 Å². The minimum Gasteiger partial charge on any atom is -0.497 e. The average molecular weight is 428 g/mol. The number of amides is 1. The molecule has 2 aromatic carbocycles. The fourth-order valence-electron chi connectivity index (χ4n) is 3.07. The van der Waals surface area contributed by atoms with E-state index in [1.54, 1.807) is 26.4 Å². The highest BCUT2D eigenvalue weighted by Gasteiger charge is 2.15. The summed E-state index contributed by atoms with van der Waals surface area (Å²) < 4.78 is 28.8. The van der Waals surface area contributed by atoms with Gasteiger partial charge in [0.05, 0.1) is 30.8 Å². The molecular weight excluding hydrogens is 402 g/mol. The SMILES string of the molecule is COc1ccc(OC)c(CCNC(=O)c2ccc(C[S@](=O)c3ccccc3C)o2)c1. The summed E-state index contributed by atoms with van der Waals surface area (Å²) in [6, 6.07) is 16.4. The van der Waals surface area contributed by atoms with Crippen molar-refractivity contribution in [3.05, 3.63) is 77.2 Å². The minimum absolute atomic E-state index is 0.199. The number of nitrogens with one attached hydrogen (secondary N) is 1. The maximum absolute atomic E-state index is 12.6. The molecule has 1 N–H and O–H groups in total. The molecule has 0 unspecified atom stereocenters. The third-order valence-electron chi connectivity index (χ3n) is 4.67. The predicted octanol–water partition coefficient (Wildman–Crippen LogP) is 3.89. The van der Waals surface area contributed by atoms with Gasteiger partial charge in [0.15, 0.2) is 5.76 Å². The van der Waals surface area contributed by atoms with E-state index in [9.17, 15) is 9.00 Å². The molecule has 0 spiro atoms. The summed E-state index contributed by atoms with van der Waals surface area (Å²) in [4.78, 5) is 13.2. The number of carbonyl (C=O) groups excluding carboxylic acids is 1. The summed E-state index contributed by atoms with van der Waals surface area (Å²) in [6.45, 7) is 2.33. The molecule has 1 aromatic heterocycles. The Kier molecular flexibility index (Phi) is 7.30. The van der Waals surface area contributed by atoms with Crippen LogP contribution in [0.4, 0.5) is 0 Å². The maximum atomic E-state index is 12.6. The molecule has 0 aliphatic heterocycles. The molecule has 0 aliphatic carbocycles. The summed E-state index contributed by atoms with van der Waals surface area (Å²) in [5.74, 6) is 2.09. The van der Waals surface area contributed by atoms with E-state index >= 15 is 0 Å². The first-order chi connectivity index (χ1) is 14.5. The van der Waals surface area contributed by atoms with Gasteiger partial charge in [0.1, 0.15) is 17.3 Å². The van der Waals surface area contributed by atoms with Crippen LogP contribution in [0.5, 0.6) is 11.5 Å². The predicted molar refractivity (Wildman–Crippen MR) is 116 cm³/mol. The lowest BCUT2D eigenvalue weighted by Crippen LogP contribution is -2.25. The zero-order valence-electron chi connectivity index (χ0n) is 17.3. The second kappa shape index (κ2) is 10.1. The normalized spacial score (nSPS) is 11.7. The van der Waals surface area contributed by atoms with Gasteiger partial charge in [-0.3, -0.25) is 9.00 Å². The standard InChI is InChI=1S/C23H25NO5S/c1-16-6-4-5-7-22(16)30(26)15-19-9-11-21(29-19)23(25)24-13-12-17-14-18(27-2)8-10-20(17)28-3/h4-11,14H,12-13,15H2,1-3H3,(H,24,25)/t30-/m0/s1. The molecule has 1 amide bonds. The molecular formula is C23H25NO5S. The second-order valence-corrected chi connectivity index (χ2v) is 8.12. The van der Waals surface area contributed by atoms with E-state index in [0.29, 0.717) is 18.7 Å². The lowest BCUT2D eigenvalue weighted by Gasteiger charge is -2.10.